The minimum atomic E-state index is -0.867. The van der Waals surface area contributed by atoms with Crippen molar-refractivity contribution in [3.8, 4) is 0 Å². The Morgan fingerprint density at radius 2 is 2.14 bits per heavy atom. The summed E-state index contributed by atoms with van der Waals surface area (Å²) >= 11 is 3.07. The first kappa shape index (κ1) is 15.9. The average Bonchev–Trinajstić information content (AvgIpc) is 2.42. The van der Waals surface area contributed by atoms with Crippen LogP contribution < -0.4 is 0 Å². The molecule has 21 heavy (non-hydrogen) atoms. The van der Waals surface area contributed by atoms with Gasteiger partial charge in [0.25, 0.3) is 0 Å². The van der Waals surface area contributed by atoms with Gasteiger partial charge in [0, 0.05) is 13.1 Å². The lowest BCUT2D eigenvalue weighted by Gasteiger charge is -2.34. The quantitative estimate of drug-likeness (QED) is 0.904. The van der Waals surface area contributed by atoms with Crippen molar-refractivity contribution in [3.05, 3.63) is 34.1 Å². The second-order valence-electron chi connectivity index (χ2n) is 5.60. The number of carboxylic acids is 1. The summed E-state index contributed by atoms with van der Waals surface area (Å²) in [6, 6.07) is 4.58. The smallest absolute Gasteiger partial charge is 0.308 e. The van der Waals surface area contributed by atoms with Crippen LogP contribution in [0.2, 0.25) is 0 Å². The molecule has 1 heterocycles. The van der Waals surface area contributed by atoms with E-state index in [9.17, 15) is 14.0 Å². The zero-order chi connectivity index (χ0) is 15.6. The van der Waals surface area contributed by atoms with Gasteiger partial charge in [-0.05, 0) is 46.0 Å². The van der Waals surface area contributed by atoms with E-state index < -0.39 is 17.7 Å². The number of amides is 1. The van der Waals surface area contributed by atoms with E-state index in [1.54, 1.807) is 17.0 Å². The number of piperidine rings is 1. The summed E-state index contributed by atoms with van der Waals surface area (Å²) in [5, 5.41) is 9.12. The first-order valence-corrected chi connectivity index (χ1v) is 7.60. The predicted octanol–water partition coefficient (Wildman–Crippen LogP) is 2.70. The fourth-order valence-corrected chi connectivity index (χ4v) is 2.92. The zero-order valence-electron chi connectivity index (χ0n) is 11.7. The van der Waals surface area contributed by atoms with E-state index in [-0.39, 0.29) is 24.8 Å². The van der Waals surface area contributed by atoms with Crippen LogP contribution in [-0.4, -0.2) is 35.0 Å². The fourth-order valence-electron chi connectivity index (χ4n) is 2.67. The van der Waals surface area contributed by atoms with Crippen molar-refractivity contribution in [1.82, 2.24) is 4.90 Å². The molecule has 0 saturated carbocycles. The molecular formula is C15H17BrFNO3. The number of aliphatic carboxylic acids is 1. The number of hydrogen-bond acceptors (Lipinski definition) is 2. The third kappa shape index (κ3) is 4.03. The van der Waals surface area contributed by atoms with Gasteiger partial charge < -0.3 is 10.0 Å². The monoisotopic (exact) mass is 357 g/mol. The van der Waals surface area contributed by atoms with Crippen molar-refractivity contribution in [2.24, 2.45) is 11.8 Å². The van der Waals surface area contributed by atoms with Crippen LogP contribution in [0.3, 0.4) is 0 Å². The largest absolute Gasteiger partial charge is 0.481 e. The highest BCUT2D eigenvalue weighted by molar-refractivity contribution is 9.10. The lowest BCUT2D eigenvalue weighted by atomic mass is 9.90. The highest BCUT2D eigenvalue weighted by Crippen LogP contribution is 2.23. The molecule has 2 atom stereocenters. The second-order valence-corrected chi connectivity index (χ2v) is 6.45. The standard InChI is InChI=1S/C15H17BrFNO3/c1-9-4-11(15(20)21)8-18(7-9)14(19)6-10-2-3-12(16)13(17)5-10/h2-3,5,9,11H,4,6-8H2,1H3,(H,20,21). The molecule has 4 nitrogen and oxygen atoms in total. The predicted molar refractivity (Wildman–Crippen MR) is 79.3 cm³/mol. The van der Waals surface area contributed by atoms with Gasteiger partial charge >= 0.3 is 5.97 Å². The molecule has 2 rings (SSSR count). The maximum Gasteiger partial charge on any atom is 0.308 e. The summed E-state index contributed by atoms with van der Waals surface area (Å²) in [7, 11) is 0. The molecule has 1 saturated heterocycles. The summed E-state index contributed by atoms with van der Waals surface area (Å²) in [5.41, 5.74) is 0.589. The molecule has 0 radical (unpaired) electrons. The summed E-state index contributed by atoms with van der Waals surface area (Å²) in [5.74, 6) is -1.79. The van der Waals surface area contributed by atoms with Crippen LogP contribution in [0.15, 0.2) is 22.7 Å². The van der Waals surface area contributed by atoms with Gasteiger partial charge in [-0.25, -0.2) is 4.39 Å². The Balaban J connectivity index is 2.05. The molecule has 2 unspecified atom stereocenters. The molecule has 1 amide bonds. The molecule has 6 heteroatoms. The highest BCUT2D eigenvalue weighted by atomic mass is 79.9. The first-order valence-electron chi connectivity index (χ1n) is 6.81. The number of hydrogen-bond donors (Lipinski definition) is 1. The molecule has 1 aliphatic heterocycles. The van der Waals surface area contributed by atoms with E-state index in [4.69, 9.17) is 5.11 Å². The van der Waals surface area contributed by atoms with Crippen LogP contribution in [0.1, 0.15) is 18.9 Å². The van der Waals surface area contributed by atoms with Crippen molar-refractivity contribution >= 4 is 27.8 Å². The van der Waals surface area contributed by atoms with Crippen LogP contribution >= 0.6 is 15.9 Å². The van der Waals surface area contributed by atoms with Gasteiger partial charge in [0.2, 0.25) is 5.91 Å². The van der Waals surface area contributed by atoms with Crippen molar-refractivity contribution in [1.29, 1.82) is 0 Å². The maximum absolute atomic E-state index is 13.5. The minimum absolute atomic E-state index is 0.0866. The van der Waals surface area contributed by atoms with Crippen molar-refractivity contribution in [2.45, 2.75) is 19.8 Å². The number of halogens is 2. The Bertz CT molecular complexity index is 564. The Hall–Kier alpha value is -1.43. The van der Waals surface area contributed by atoms with E-state index in [0.29, 0.717) is 23.0 Å². The van der Waals surface area contributed by atoms with Crippen LogP contribution in [0.5, 0.6) is 0 Å². The van der Waals surface area contributed by atoms with Crippen molar-refractivity contribution in [3.63, 3.8) is 0 Å². The topological polar surface area (TPSA) is 57.6 Å². The van der Waals surface area contributed by atoms with Crippen LogP contribution in [0, 0.1) is 17.7 Å². The van der Waals surface area contributed by atoms with Crippen molar-refractivity contribution < 1.29 is 19.1 Å². The van der Waals surface area contributed by atoms with Gasteiger partial charge in [0.05, 0.1) is 16.8 Å². The Morgan fingerprint density at radius 1 is 1.43 bits per heavy atom. The van der Waals surface area contributed by atoms with Gasteiger partial charge in [0.1, 0.15) is 5.82 Å². The molecule has 1 aromatic carbocycles. The van der Waals surface area contributed by atoms with E-state index in [1.165, 1.54) is 6.07 Å². The Kier molecular flexibility index (Phi) is 4.98. The molecule has 114 valence electrons. The third-order valence-electron chi connectivity index (χ3n) is 3.70. The summed E-state index contributed by atoms with van der Waals surface area (Å²) in [6.45, 7) is 2.73. The number of carboxylic acid groups (broad SMARTS) is 1. The van der Waals surface area contributed by atoms with Gasteiger partial charge in [-0.3, -0.25) is 9.59 Å². The molecular weight excluding hydrogens is 341 g/mol. The zero-order valence-corrected chi connectivity index (χ0v) is 13.3. The van der Waals surface area contributed by atoms with Gasteiger partial charge in [-0.1, -0.05) is 13.0 Å². The second kappa shape index (κ2) is 6.56. The number of carbonyl (C=O) groups excluding carboxylic acids is 1. The summed E-state index contributed by atoms with van der Waals surface area (Å²) in [6.07, 6.45) is 0.676. The number of likely N-dealkylation sites (tertiary alicyclic amines) is 1. The number of benzene rings is 1. The lowest BCUT2D eigenvalue weighted by Crippen LogP contribution is -2.46. The van der Waals surface area contributed by atoms with Crippen LogP contribution in [-0.2, 0) is 16.0 Å². The first-order chi connectivity index (χ1) is 9.86. The van der Waals surface area contributed by atoms with Gasteiger partial charge in [-0.15, -0.1) is 0 Å². The molecule has 1 aliphatic rings. The average molecular weight is 358 g/mol. The van der Waals surface area contributed by atoms with Crippen LogP contribution in [0.25, 0.3) is 0 Å². The summed E-state index contributed by atoms with van der Waals surface area (Å²) in [4.78, 5) is 25.0. The number of rotatable bonds is 3. The minimum Gasteiger partial charge on any atom is -0.481 e. The number of carbonyl (C=O) groups is 2. The van der Waals surface area contributed by atoms with E-state index in [0.717, 1.165) is 0 Å². The van der Waals surface area contributed by atoms with Gasteiger partial charge in [0.15, 0.2) is 0 Å². The summed E-state index contributed by atoms with van der Waals surface area (Å²) < 4.78 is 13.8. The number of nitrogens with zero attached hydrogens (tertiary/aromatic N) is 1. The molecule has 0 aliphatic carbocycles. The maximum atomic E-state index is 13.5. The van der Waals surface area contributed by atoms with Crippen molar-refractivity contribution in [2.75, 3.05) is 13.1 Å². The molecule has 0 bridgehead atoms. The molecule has 1 fully saturated rings. The van der Waals surface area contributed by atoms with E-state index in [1.807, 2.05) is 6.92 Å². The van der Waals surface area contributed by atoms with E-state index in [2.05, 4.69) is 15.9 Å². The van der Waals surface area contributed by atoms with E-state index >= 15 is 0 Å². The Morgan fingerprint density at radius 3 is 2.76 bits per heavy atom. The lowest BCUT2D eigenvalue weighted by molar-refractivity contribution is -0.146. The van der Waals surface area contributed by atoms with Crippen LogP contribution in [0.4, 0.5) is 4.39 Å². The van der Waals surface area contributed by atoms with Gasteiger partial charge in [-0.2, -0.15) is 0 Å². The normalized spacial score (nSPS) is 22.1. The molecule has 0 aromatic heterocycles. The SMILES string of the molecule is CC1CC(C(=O)O)CN(C(=O)Cc2ccc(Br)c(F)c2)C1. The molecule has 1 N–H and O–H groups in total. The fraction of sp³-hybridized carbons (Fsp3) is 0.467. The Labute approximate surface area is 131 Å². The molecule has 0 spiro atoms. The third-order valence-corrected chi connectivity index (χ3v) is 4.34. The highest BCUT2D eigenvalue weighted by Gasteiger charge is 2.31. The molecule has 1 aromatic rings.